The Morgan fingerprint density at radius 2 is 2.09 bits per heavy atom. The molecule has 5 heteroatoms. The van der Waals surface area contributed by atoms with Gasteiger partial charge in [0.15, 0.2) is 0 Å². The average Bonchev–Trinajstić information content (AvgIpc) is 2.61. The third-order valence-corrected chi connectivity index (χ3v) is 4.11. The summed E-state index contributed by atoms with van der Waals surface area (Å²) in [5.41, 5.74) is 1.04. The number of hydrogen-bond acceptors (Lipinski definition) is 5. The van der Waals surface area contributed by atoms with Crippen LogP contribution in [0.4, 0.5) is 5.82 Å². The number of nitrogens with one attached hydrogen (secondary N) is 1. The molecule has 0 spiro atoms. The van der Waals surface area contributed by atoms with E-state index < -0.39 is 0 Å². The predicted octanol–water partition coefficient (Wildman–Crippen LogP) is 2.21. The van der Waals surface area contributed by atoms with Crippen molar-refractivity contribution >= 4 is 5.82 Å². The maximum Gasteiger partial charge on any atom is 0.148 e. The molecule has 0 amide bonds. The summed E-state index contributed by atoms with van der Waals surface area (Å²) in [7, 11) is 0. The Hall–Kier alpha value is -1.72. The molecular weight excluding hydrogens is 276 g/mol. The van der Waals surface area contributed by atoms with Crippen molar-refractivity contribution in [1.29, 1.82) is 0 Å². The summed E-state index contributed by atoms with van der Waals surface area (Å²) < 4.78 is 5.35. The number of aromatic nitrogens is 2. The van der Waals surface area contributed by atoms with E-state index in [-0.39, 0.29) is 0 Å². The second-order valence-corrected chi connectivity index (χ2v) is 5.73. The zero-order chi connectivity index (χ0) is 15.0. The molecule has 0 radical (unpaired) electrons. The van der Waals surface area contributed by atoms with Gasteiger partial charge in [0.1, 0.15) is 5.82 Å². The SMILES string of the molecule is C1=CCC(c2ccc(NCCCN3CCOCC3)nn2)C=C1. The monoisotopic (exact) mass is 300 g/mol. The summed E-state index contributed by atoms with van der Waals surface area (Å²) in [4.78, 5) is 2.45. The second-order valence-electron chi connectivity index (χ2n) is 5.73. The second kappa shape index (κ2) is 8.06. The Balaban J connectivity index is 1.39. The molecular formula is C17H24N4O. The summed E-state index contributed by atoms with van der Waals surface area (Å²) in [5.74, 6) is 1.23. The maximum absolute atomic E-state index is 5.35. The molecule has 1 saturated heterocycles. The van der Waals surface area contributed by atoms with Crippen LogP contribution in [-0.2, 0) is 4.74 Å². The van der Waals surface area contributed by atoms with Crippen molar-refractivity contribution < 1.29 is 4.74 Å². The Morgan fingerprint density at radius 3 is 2.82 bits per heavy atom. The van der Waals surface area contributed by atoms with Crippen molar-refractivity contribution in [2.45, 2.75) is 18.8 Å². The molecule has 1 fully saturated rings. The molecule has 118 valence electrons. The lowest BCUT2D eigenvalue weighted by molar-refractivity contribution is 0.0378. The van der Waals surface area contributed by atoms with Gasteiger partial charge in [-0.3, -0.25) is 4.90 Å². The van der Waals surface area contributed by atoms with Gasteiger partial charge in [0.25, 0.3) is 0 Å². The van der Waals surface area contributed by atoms with E-state index in [4.69, 9.17) is 4.74 Å². The number of morpholine rings is 1. The van der Waals surface area contributed by atoms with E-state index in [1.165, 1.54) is 0 Å². The molecule has 0 aromatic carbocycles. The standard InChI is InChI=1S/C17H24N4O/c1-2-5-15(6-3-1)16-7-8-17(20-19-16)18-9-4-10-21-11-13-22-14-12-21/h1-3,5,7-8,15H,4,6,9-14H2,(H,18,20). The Kier molecular flexibility index (Phi) is 5.56. The summed E-state index contributed by atoms with van der Waals surface area (Å²) in [6.45, 7) is 5.88. The quantitative estimate of drug-likeness (QED) is 0.816. The molecule has 1 aliphatic heterocycles. The highest BCUT2D eigenvalue weighted by molar-refractivity contribution is 5.34. The van der Waals surface area contributed by atoms with Crippen LogP contribution in [0.3, 0.4) is 0 Å². The molecule has 2 aliphatic rings. The van der Waals surface area contributed by atoms with Gasteiger partial charge in [-0.05, 0) is 31.5 Å². The maximum atomic E-state index is 5.35. The molecule has 2 heterocycles. The molecule has 1 N–H and O–H groups in total. The van der Waals surface area contributed by atoms with E-state index >= 15 is 0 Å². The van der Waals surface area contributed by atoms with Crippen LogP contribution in [0.2, 0.25) is 0 Å². The number of rotatable bonds is 6. The molecule has 1 aliphatic carbocycles. The van der Waals surface area contributed by atoms with E-state index in [1.807, 2.05) is 6.07 Å². The molecule has 1 unspecified atom stereocenters. The van der Waals surface area contributed by atoms with Crippen LogP contribution in [0.15, 0.2) is 36.4 Å². The van der Waals surface area contributed by atoms with Crippen LogP contribution in [0, 0.1) is 0 Å². The fourth-order valence-corrected chi connectivity index (χ4v) is 2.78. The number of allylic oxidation sites excluding steroid dienone is 4. The molecule has 1 aromatic heterocycles. The lowest BCUT2D eigenvalue weighted by atomic mass is 9.97. The van der Waals surface area contributed by atoms with Gasteiger partial charge >= 0.3 is 0 Å². The van der Waals surface area contributed by atoms with Crippen LogP contribution in [0.25, 0.3) is 0 Å². The van der Waals surface area contributed by atoms with Gasteiger partial charge in [-0.25, -0.2) is 0 Å². The smallest absolute Gasteiger partial charge is 0.148 e. The van der Waals surface area contributed by atoms with Crippen LogP contribution < -0.4 is 5.32 Å². The fourth-order valence-electron chi connectivity index (χ4n) is 2.78. The molecule has 1 aromatic rings. The lowest BCUT2D eigenvalue weighted by Gasteiger charge is -2.26. The lowest BCUT2D eigenvalue weighted by Crippen LogP contribution is -2.37. The first-order chi connectivity index (χ1) is 10.9. The fraction of sp³-hybridized carbons (Fsp3) is 0.529. The summed E-state index contributed by atoms with van der Waals surface area (Å²) in [6.07, 6.45) is 10.6. The average molecular weight is 300 g/mol. The highest BCUT2D eigenvalue weighted by Crippen LogP contribution is 2.22. The largest absolute Gasteiger partial charge is 0.379 e. The first-order valence-corrected chi connectivity index (χ1v) is 8.13. The first kappa shape index (κ1) is 15.2. The highest BCUT2D eigenvalue weighted by atomic mass is 16.5. The zero-order valence-corrected chi connectivity index (χ0v) is 12.9. The highest BCUT2D eigenvalue weighted by Gasteiger charge is 2.11. The number of hydrogen-bond donors (Lipinski definition) is 1. The minimum Gasteiger partial charge on any atom is -0.379 e. The van der Waals surface area contributed by atoms with Crippen LogP contribution >= 0.6 is 0 Å². The summed E-state index contributed by atoms with van der Waals surface area (Å²) in [5, 5.41) is 12.0. The van der Waals surface area contributed by atoms with E-state index in [9.17, 15) is 0 Å². The van der Waals surface area contributed by atoms with Crippen LogP contribution in [0.5, 0.6) is 0 Å². The van der Waals surface area contributed by atoms with Crippen molar-refractivity contribution in [3.05, 3.63) is 42.1 Å². The van der Waals surface area contributed by atoms with Crippen molar-refractivity contribution in [3.8, 4) is 0 Å². The van der Waals surface area contributed by atoms with Crippen LogP contribution in [-0.4, -0.2) is 54.5 Å². The third-order valence-electron chi connectivity index (χ3n) is 4.11. The van der Waals surface area contributed by atoms with Crippen molar-refractivity contribution in [3.63, 3.8) is 0 Å². The molecule has 5 nitrogen and oxygen atoms in total. The minimum absolute atomic E-state index is 0.368. The van der Waals surface area contributed by atoms with Crippen molar-refractivity contribution in [2.24, 2.45) is 0 Å². The predicted molar refractivity (Wildman–Crippen MR) is 88.0 cm³/mol. The van der Waals surface area contributed by atoms with Gasteiger partial charge in [-0.1, -0.05) is 24.3 Å². The van der Waals surface area contributed by atoms with Gasteiger partial charge in [0.2, 0.25) is 0 Å². The third kappa shape index (κ3) is 4.39. The van der Waals surface area contributed by atoms with E-state index in [0.717, 1.165) is 63.7 Å². The molecule has 0 bridgehead atoms. The summed E-state index contributed by atoms with van der Waals surface area (Å²) in [6, 6.07) is 4.11. The Morgan fingerprint density at radius 1 is 1.18 bits per heavy atom. The van der Waals surface area contributed by atoms with Gasteiger partial charge in [0.05, 0.1) is 18.9 Å². The minimum atomic E-state index is 0.368. The summed E-state index contributed by atoms with van der Waals surface area (Å²) >= 11 is 0. The number of anilines is 1. The first-order valence-electron chi connectivity index (χ1n) is 8.13. The van der Waals surface area contributed by atoms with E-state index in [2.05, 4.69) is 50.8 Å². The molecule has 22 heavy (non-hydrogen) atoms. The van der Waals surface area contributed by atoms with E-state index in [0.29, 0.717) is 5.92 Å². The van der Waals surface area contributed by atoms with Crippen LogP contribution in [0.1, 0.15) is 24.5 Å². The number of ether oxygens (including phenoxy) is 1. The van der Waals surface area contributed by atoms with E-state index in [1.54, 1.807) is 0 Å². The van der Waals surface area contributed by atoms with Gasteiger partial charge in [0, 0.05) is 25.6 Å². The Labute approximate surface area is 132 Å². The number of nitrogens with zero attached hydrogens (tertiary/aromatic N) is 3. The van der Waals surface area contributed by atoms with Gasteiger partial charge < -0.3 is 10.1 Å². The Bertz CT molecular complexity index is 506. The van der Waals surface area contributed by atoms with Gasteiger partial charge in [-0.2, -0.15) is 5.10 Å². The molecule has 0 saturated carbocycles. The van der Waals surface area contributed by atoms with Gasteiger partial charge in [-0.15, -0.1) is 5.10 Å². The molecule has 3 rings (SSSR count). The van der Waals surface area contributed by atoms with Crippen molar-refractivity contribution in [1.82, 2.24) is 15.1 Å². The van der Waals surface area contributed by atoms with Crippen molar-refractivity contribution in [2.75, 3.05) is 44.7 Å². The normalized spacial score (nSPS) is 21.9. The zero-order valence-electron chi connectivity index (χ0n) is 12.9. The topological polar surface area (TPSA) is 50.3 Å². The molecule has 1 atom stereocenters.